The molecule has 2 N–H and O–H groups in total. The number of carbonyl (C=O) groups is 2. The number of hydrogen-bond acceptors (Lipinski definition) is 3. The third-order valence-electron chi connectivity index (χ3n) is 6.28. The van der Waals surface area contributed by atoms with Crippen molar-refractivity contribution in [2.75, 3.05) is 38.0 Å². The molecule has 0 radical (unpaired) electrons. The Hall–Kier alpha value is -1.79. The lowest BCUT2D eigenvalue weighted by molar-refractivity contribution is -0.138. The van der Waals surface area contributed by atoms with Crippen LogP contribution in [-0.2, 0) is 4.79 Å². The number of benzene rings is 1. The molecular formula is C22H33ClN4O2. The summed E-state index contributed by atoms with van der Waals surface area (Å²) in [6.07, 6.45) is 6.61. The summed E-state index contributed by atoms with van der Waals surface area (Å²) in [5, 5.41) is 6.61. The first-order chi connectivity index (χ1) is 13.7. The second-order valence-electron chi connectivity index (χ2n) is 8.53. The zero-order chi connectivity index (χ0) is 19.3. The van der Waals surface area contributed by atoms with Crippen LogP contribution in [0.2, 0.25) is 0 Å². The molecule has 0 spiro atoms. The highest BCUT2D eigenvalue weighted by molar-refractivity contribution is 5.90. The molecule has 2 saturated heterocycles. The fourth-order valence-corrected chi connectivity index (χ4v) is 4.30. The summed E-state index contributed by atoms with van der Waals surface area (Å²) < 4.78 is 0. The van der Waals surface area contributed by atoms with Gasteiger partial charge >= 0.3 is 6.03 Å². The summed E-state index contributed by atoms with van der Waals surface area (Å²) in [5.74, 6) is 1.07. The smallest absolute Gasteiger partial charge is 0.321 e. The molecule has 0 bridgehead atoms. The molecule has 0 aromatic heterocycles. The standard InChI is InChI=1S/C22H32N4O2.ClH/c27-21(25-13-10-19(11-14-25)23-15-17-8-9-17)18-5-4-12-26(16-18)22(28)24-20-6-2-1-3-7-20;/h1-3,6-7,17-19,23H,4-5,8-16H2,(H,24,28);1H. The summed E-state index contributed by atoms with van der Waals surface area (Å²) >= 11 is 0. The Labute approximate surface area is 179 Å². The summed E-state index contributed by atoms with van der Waals surface area (Å²) in [6.45, 7) is 4.07. The number of halogens is 1. The van der Waals surface area contributed by atoms with E-state index in [4.69, 9.17) is 0 Å². The van der Waals surface area contributed by atoms with Gasteiger partial charge in [-0.25, -0.2) is 4.79 Å². The summed E-state index contributed by atoms with van der Waals surface area (Å²) in [4.78, 5) is 29.4. The number of urea groups is 1. The summed E-state index contributed by atoms with van der Waals surface area (Å²) in [7, 11) is 0. The molecule has 1 aromatic carbocycles. The summed E-state index contributed by atoms with van der Waals surface area (Å²) in [5.41, 5.74) is 0.793. The molecule has 6 nitrogen and oxygen atoms in total. The van der Waals surface area contributed by atoms with Crippen LogP contribution in [0.15, 0.2) is 30.3 Å². The van der Waals surface area contributed by atoms with Gasteiger partial charge in [-0.3, -0.25) is 4.79 Å². The molecule has 2 heterocycles. The van der Waals surface area contributed by atoms with Crippen LogP contribution in [0.25, 0.3) is 0 Å². The maximum absolute atomic E-state index is 13.0. The molecular weight excluding hydrogens is 388 g/mol. The molecule has 1 atom stereocenters. The summed E-state index contributed by atoms with van der Waals surface area (Å²) in [6, 6.07) is 9.95. The second-order valence-corrected chi connectivity index (χ2v) is 8.53. The lowest BCUT2D eigenvalue weighted by Gasteiger charge is -2.38. The largest absolute Gasteiger partial charge is 0.342 e. The minimum atomic E-state index is -0.105. The molecule has 2 aliphatic heterocycles. The van der Waals surface area contributed by atoms with Crippen LogP contribution < -0.4 is 10.6 Å². The number of carbonyl (C=O) groups excluding carboxylic acids is 2. The Balaban J connectivity index is 0.00000240. The molecule has 29 heavy (non-hydrogen) atoms. The maximum Gasteiger partial charge on any atom is 0.321 e. The van der Waals surface area contributed by atoms with E-state index in [9.17, 15) is 9.59 Å². The van der Waals surface area contributed by atoms with E-state index in [1.54, 1.807) is 4.90 Å². The highest BCUT2D eigenvalue weighted by Gasteiger charge is 2.33. The van der Waals surface area contributed by atoms with Crippen LogP contribution in [-0.4, -0.2) is 60.5 Å². The van der Waals surface area contributed by atoms with Gasteiger partial charge in [0.15, 0.2) is 0 Å². The molecule has 3 amide bonds. The average molecular weight is 421 g/mol. The van der Waals surface area contributed by atoms with Gasteiger partial charge < -0.3 is 20.4 Å². The van der Waals surface area contributed by atoms with E-state index < -0.39 is 0 Å². The van der Waals surface area contributed by atoms with Gasteiger partial charge in [-0.15, -0.1) is 12.4 Å². The molecule has 1 saturated carbocycles. The molecule has 3 aliphatic rings. The van der Waals surface area contributed by atoms with E-state index in [2.05, 4.69) is 10.6 Å². The number of anilines is 1. The molecule has 160 valence electrons. The van der Waals surface area contributed by atoms with Crippen LogP contribution in [0, 0.1) is 11.8 Å². The fraction of sp³-hybridized carbons (Fsp3) is 0.636. The number of rotatable bonds is 5. The number of hydrogen-bond donors (Lipinski definition) is 2. The van der Waals surface area contributed by atoms with Crippen LogP contribution in [0.5, 0.6) is 0 Å². The molecule has 1 unspecified atom stereocenters. The van der Waals surface area contributed by atoms with Crippen molar-refractivity contribution in [3.8, 4) is 0 Å². The van der Waals surface area contributed by atoms with Crippen LogP contribution in [0.1, 0.15) is 38.5 Å². The monoisotopic (exact) mass is 420 g/mol. The quantitative estimate of drug-likeness (QED) is 0.767. The van der Waals surface area contributed by atoms with Crippen molar-refractivity contribution >= 4 is 30.0 Å². The topological polar surface area (TPSA) is 64.7 Å². The number of amides is 3. The van der Waals surface area contributed by atoms with E-state index >= 15 is 0 Å². The lowest BCUT2D eigenvalue weighted by Crippen LogP contribution is -2.51. The van der Waals surface area contributed by atoms with Gasteiger partial charge in [0.25, 0.3) is 0 Å². The Morgan fingerprint density at radius 2 is 1.66 bits per heavy atom. The third kappa shape index (κ3) is 6.09. The highest BCUT2D eigenvalue weighted by atomic mass is 35.5. The zero-order valence-electron chi connectivity index (χ0n) is 17.0. The molecule has 4 rings (SSSR count). The average Bonchev–Trinajstić information content (AvgIpc) is 3.57. The first-order valence-corrected chi connectivity index (χ1v) is 10.8. The first kappa shape index (κ1) is 21.9. The van der Waals surface area contributed by atoms with Crippen molar-refractivity contribution in [1.82, 2.24) is 15.1 Å². The SMILES string of the molecule is Cl.O=C(Nc1ccccc1)N1CCCC(C(=O)N2CCC(NCC3CC3)CC2)C1. The van der Waals surface area contributed by atoms with E-state index in [1.165, 1.54) is 12.8 Å². The first-order valence-electron chi connectivity index (χ1n) is 10.8. The normalized spacial score (nSPS) is 22.7. The van der Waals surface area contributed by atoms with Crippen LogP contribution >= 0.6 is 12.4 Å². The number of nitrogens with zero attached hydrogens (tertiary/aromatic N) is 2. The fourth-order valence-electron chi connectivity index (χ4n) is 4.30. The van der Waals surface area contributed by atoms with E-state index in [1.807, 2.05) is 35.2 Å². The lowest BCUT2D eigenvalue weighted by atomic mass is 9.95. The van der Waals surface area contributed by atoms with Crippen molar-refractivity contribution in [3.63, 3.8) is 0 Å². The molecule has 1 aromatic rings. The minimum Gasteiger partial charge on any atom is -0.342 e. The van der Waals surface area contributed by atoms with E-state index in [-0.39, 0.29) is 30.3 Å². The number of para-hydroxylation sites is 1. The van der Waals surface area contributed by atoms with Gasteiger partial charge in [0.05, 0.1) is 5.92 Å². The number of piperidine rings is 2. The Morgan fingerprint density at radius 3 is 2.34 bits per heavy atom. The van der Waals surface area contributed by atoms with Crippen LogP contribution in [0.4, 0.5) is 10.5 Å². The maximum atomic E-state index is 13.0. The Morgan fingerprint density at radius 1 is 0.931 bits per heavy atom. The van der Waals surface area contributed by atoms with Crippen molar-refractivity contribution in [2.24, 2.45) is 11.8 Å². The Bertz CT molecular complexity index is 675. The Kier molecular flexibility index (Phi) is 7.78. The van der Waals surface area contributed by atoms with Crippen molar-refractivity contribution < 1.29 is 9.59 Å². The van der Waals surface area contributed by atoms with Crippen molar-refractivity contribution in [2.45, 2.75) is 44.6 Å². The van der Waals surface area contributed by atoms with Gasteiger partial charge in [-0.1, -0.05) is 18.2 Å². The van der Waals surface area contributed by atoms with Crippen molar-refractivity contribution in [3.05, 3.63) is 30.3 Å². The third-order valence-corrected chi connectivity index (χ3v) is 6.28. The number of likely N-dealkylation sites (tertiary alicyclic amines) is 2. The predicted octanol–water partition coefficient (Wildman–Crippen LogP) is 3.34. The zero-order valence-corrected chi connectivity index (χ0v) is 17.8. The van der Waals surface area contributed by atoms with Gasteiger partial charge in [-0.2, -0.15) is 0 Å². The van der Waals surface area contributed by atoms with Crippen molar-refractivity contribution in [1.29, 1.82) is 0 Å². The molecule has 3 fully saturated rings. The van der Waals surface area contributed by atoms with Gasteiger partial charge in [0, 0.05) is 37.9 Å². The van der Waals surface area contributed by atoms with E-state index in [0.717, 1.165) is 63.5 Å². The van der Waals surface area contributed by atoms with Gasteiger partial charge in [0.2, 0.25) is 5.91 Å². The number of nitrogens with one attached hydrogen (secondary N) is 2. The van der Waals surface area contributed by atoms with Gasteiger partial charge in [0.1, 0.15) is 0 Å². The van der Waals surface area contributed by atoms with Crippen LogP contribution in [0.3, 0.4) is 0 Å². The predicted molar refractivity (Wildman–Crippen MR) is 117 cm³/mol. The molecule has 1 aliphatic carbocycles. The molecule has 7 heteroatoms. The van der Waals surface area contributed by atoms with Gasteiger partial charge in [-0.05, 0) is 63.1 Å². The highest BCUT2D eigenvalue weighted by Crippen LogP contribution is 2.28. The minimum absolute atomic E-state index is 0. The second kappa shape index (κ2) is 10.3. The van der Waals surface area contributed by atoms with E-state index in [0.29, 0.717) is 12.6 Å².